The second-order valence-corrected chi connectivity index (χ2v) is 2.81. The third-order valence-electron chi connectivity index (χ3n) is 0.940. The minimum Gasteiger partial charge on any atom is -0.412 e. The van der Waals surface area contributed by atoms with Crippen molar-refractivity contribution >= 4 is 27.8 Å². The van der Waals surface area contributed by atoms with E-state index in [-0.39, 0.29) is 62.0 Å². The predicted molar refractivity (Wildman–Crippen MR) is 64.9 cm³/mol. The molecule has 0 saturated heterocycles. The van der Waals surface area contributed by atoms with Crippen LogP contribution in [0.1, 0.15) is 0 Å². The third kappa shape index (κ3) is 31.5. The summed E-state index contributed by atoms with van der Waals surface area (Å²) in [6.45, 7) is 0. The summed E-state index contributed by atoms with van der Waals surface area (Å²) in [6.07, 6.45) is 0. The molecule has 0 aliphatic rings. The van der Waals surface area contributed by atoms with Gasteiger partial charge in [-0.1, -0.05) is 35.5 Å². The Bertz CT molecular complexity index is 158. The summed E-state index contributed by atoms with van der Waals surface area (Å²) in [5, 5.41) is 1.46. The molecule has 0 amide bonds. The summed E-state index contributed by atoms with van der Waals surface area (Å²) < 4.78 is 0. The largest absolute Gasteiger partial charge is 0.412 e. The Kier molecular flexibility index (Phi) is 148. The number of hydrogen-bond acceptors (Lipinski definition) is 0. The van der Waals surface area contributed by atoms with Crippen LogP contribution >= 0.6 is 12.4 Å². The second kappa shape index (κ2) is 37.0. The van der Waals surface area contributed by atoms with Crippen LogP contribution in [0.15, 0.2) is 30.3 Å². The smallest absolute Gasteiger partial charge is 0.0384 e. The molecule has 1 aromatic rings. The van der Waals surface area contributed by atoms with Crippen molar-refractivity contribution in [3.63, 3.8) is 0 Å². The van der Waals surface area contributed by atoms with Crippen LogP contribution in [0.3, 0.4) is 0 Å². The van der Waals surface area contributed by atoms with Crippen LogP contribution in [0, 0.1) is 0 Å². The summed E-state index contributed by atoms with van der Waals surface area (Å²) >= 11 is 0. The minimum atomic E-state index is 0. The van der Waals surface area contributed by atoms with Gasteiger partial charge in [0.1, 0.15) is 0 Å². The van der Waals surface area contributed by atoms with Gasteiger partial charge in [-0.15, -0.1) is 12.4 Å². The van der Waals surface area contributed by atoms with Crippen LogP contribution in [0.2, 0.25) is 0 Å². The van der Waals surface area contributed by atoms with Crippen LogP contribution in [0.25, 0.3) is 0 Å². The van der Waals surface area contributed by atoms with E-state index in [0.717, 1.165) is 0 Å². The molecule has 0 heterocycles. The van der Waals surface area contributed by atoms with E-state index in [2.05, 4.69) is 24.3 Å². The average Bonchev–Trinajstić information content (AvgIpc) is 1.69. The molecule has 0 bridgehead atoms. The number of halogens is 1. The van der Waals surface area contributed by atoms with Gasteiger partial charge in [-0.3, -0.25) is 0 Å². The van der Waals surface area contributed by atoms with Crippen LogP contribution in [-0.2, 0) is 16.8 Å². The van der Waals surface area contributed by atoms with E-state index in [9.17, 15) is 0 Å². The fourth-order valence-corrected chi connectivity index (χ4v) is 0.919. The molecule has 0 atom stereocenters. The van der Waals surface area contributed by atoms with Gasteiger partial charge in [0.05, 0.1) is 0 Å². The number of benzene rings is 1. The first-order chi connectivity index (χ1) is 3.39. The first kappa shape index (κ1) is 60.0. The van der Waals surface area contributed by atoms with Crippen molar-refractivity contribution in [1.29, 1.82) is 0 Å². The van der Waals surface area contributed by atoms with E-state index >= 15 is 0 Å². The normalized spacial score (nSPS) is 4.27. The first-order valence-corrected chi connectivity index (χ1v) is 3.41. The second-order valence-electron chi connectivity index (χ2n) is 1.65. The minimum absolute atomic E-state index is 0. The van der Waals surface area contributed by atoms with Crippen molar-refractivity contribution in [1.82, 2.24) is 0 Å². The average molecular weight is 312 g/mol. The summed E-state index contributed by atoms with van der Waals surface area (Å²) in [5.74, 6) is 0. The Hall–Kier alpha value is -0.00662. The topological polar surface area (TPSA) is 189 Å². The van der Waals surface area contributed by atoms with Gasteiger partial charge in [0.25, 0.3) is 0 Å². The summed E-state index contributed by atoms with van der Waals surface area (Å²) in [5.41, 5.74) is 0. The maximum Gasteiger partial charge on any atom is 0.0384 e. The summed E-state index contributed by atoms with van der Waals surface area (Å²) in [6, 6.07) is 10.5. The predicted octanol–water partition coefficient (Wildman–Crippen LogP) is -4.85. The Balaban J connectivity index is -0.0000000102. The quantitative estimate of drug-likeness (QED) is 0.416. The Morgan fingerprint density at radius 1 is 0.667 bits per heavy atom. The summed E-state index contributed by atoms with van der Waals surface area (Å²) in [4.78, 5) is 0. The zero-order valence-electron chi connectivity index (χ0n) is 8.13. The van der Waals surface area contributed by atoms with Gasteiger partial charge in [0.2, 0.25) is 0 Å². The molecular weight excluding hydrogens is 291 g/mol. The van der Waals surface area contributed by atoms with Gasteiger partial charge < -0.3 is 32.9 Å². The molecule has 0 aliphatic heterocycles. The first-order valence-electron chi connectivity index (χ1n) is 2.41. The molecule has 12 N–H and O–H groups in total. The number of rotatable bonds is 0. The van der Waals surface area contributed by atoms with Gasteiger partial charge in [0.15, 0.2) is 0 Å². The number of hydrogen-bond donors (Lipinski definition) is 0. The van der Waals surface area contributed by atoms with Crippen molar-refractivity contribution in [2.75, 3.05) is 0 Å². The van der Waals surface area contributed by atoms with Crippen molar-refractivity contribution in [3.05, 3.63) is 30.3 Å². The third-order valence-corrected chi connectivity index (χ3v) is 1.61. The van der Waals surface area contributed by atoms with Gasteiger partial charge in [-0.25, -0.2) is 0 Å². The fraction of sp³-hybridized carbons (Fsp3) is 0. The maximum atomic E-state index is 2.15. The SMILES string of the molecule is Cl.O.O.O.O.O.O.[Co].[SiH3]c1ccccc1. The van der Waals surface area contributed by atoms with Gasteiger partial charge in [0, 0.05) is 27.0 Å². The molecule has 0 aliphatic carbocycles. The molecule has 0 spiro atoms. The molecule has 9 heteroatoms. The molecule has 101 valence electrons. The van der Waals surface area contributed by atoms with Crippen LogP contribution in [0.5, 0.6) is 0 Å². The van der Waals surface area contributed by atoms with E-state index in [1.165, 1.54) is 15.4 Å². The molecule has 0 fully saturated rings. The van der Waals surface area contributed by atoms with E-state index in [4.69, 9.17) is 0 Å². The van der Waals surface area contributed by atoms with Gasteiger partial charge >= 0.3 is 0 Å². The van der Waals surface area contributed by atoms with Crippen LogP contribution in [0.4, 0.5) is 0 Å². The Labute approximate surface area is 108 Å². The van der Waals surface area contributed by atoms with Crippen molar-refractivity contribution in [2.24, 2.45) is 0 Å². The zero-order valence-corrected chi connectivity index (χ0v) is 12.0. The Morgan fingerprint density at radius 2 is 0.933 bits per heavy atom. The standard InChI is InChI=1S/C6H8Si.ClH.Co.6H2O/c7-6-4-2-1-3-5-6;;;;;;;;/h1-5H,7H3;1H;;6*1H2. The molecule has 1 radical (unpaired) electrons. The van der Waals surface area contributed by atoms with Gasteiger partial charge in [-0.2, -0.15) is 0 Å². The van der Waals surface area contributed by atoms with Crippen molar-refractivity contribution in [3.8, 4) is 0 Å². The summed E-state index contributed by atoms with van der Waals surface area (Å²) in [7, 11) is 1.17. The zero-order chi connectivity index (χ0) is 5.11. The Morgan fingerprint density at radius 3 is 1.07 bits per heavy atom. The molecule has 15 heavy (non-hydrogen) atoms. The maximum absolute atomic E-state index is 2.15. The molecule has 0 unspecified atom stereocenters. The van der Waals surface area contributed by atoms with Crippen molar-refractivity contribution in [2.45, 2.75) is 0 Å². The molecule has 1 rings (SSSR count). The van der Waals surface area contributed by atoms with Crippen LogP contribution < -0.4 is 5.19 Å². The van der Waals surface area contributed by atoms with Crippen LogP contribution in [-0.4, -0.2) is 43.1 Å². The monoisotopic (exact) mass is 311 g/mol. The molecule has 1 aromatic carbocycles. The van der Waals surface area contributed by atoms with E-state index in [1.807, 2.05) is 6.07 Å². The van der Waals surface area contributed by atoms with Crippen molar-refractivity contribution < 1.29 is 49.6 Å². The van der Waals surface area contributed by atoms with Gasteiger partial charge in [-0.05, 0) is 0 Å². The molecule has 0 saturated carbocycles. The van der Waals surface area contributed by atoms with E-state index in [0.29, 0.717) is 0 Å². The van der Waals surface area contributed by atoms with E-state index < -0.39 is 0 Å². The molecular formula is C6H21ClCoO6Si. The van der Waals surface area contributed by atoms with E-state index in [1.54, 1.807) is 0 Å². The molecule has 6 nitrogen and oxygen atoms in total. The fourth-order valence-electron chi connectivity index (χ4n) is 0.534. The molecule has 0 aromatic heterocycles.